The molecule has 26 heavy (non-hydrogen) atoms. The van der Waals surface area contributed by atoms with Crippen molar-refractivity contribution in [2.24, 2.45) is 0 Å². The van der Waals surface area contributed by atoms with E-state index < -0.39 is 18.7 Å². The van der Waals surface area contributed by atoms with Gasteiger partial charge < -0.3 is 24.1 Å². The van der Waals surface area contributed by atoms with Crippen LogP contribution >= 0.6 is 0 Å². The minimum Gasteiger partial charge on any atom is -0.479 e. The van der Waals surface area contributed by atoms with Gasteiger partial charge >= 0.3 is 5.97 Å². The number of aliphatic hydroxyl groups is 1. The molecule has 0 fully saturated rings. The van der Waals surface area contributed by atoms with E-state index in [1.54, 1.807) is 18.4 Å². The zero-order valence-corrected chi connectivity index (χ0v) is 14.1. The van der Waals surface area contributed by atoms with Crippen LogP contribution in [0.5, 0.6) is 5.75 Å². The molecule has 1 aromatic heterocycles. The van der Waals surface area contributed by atoms with Gasteiger partial charge in [0.15, 0.2) is 17.9 Å². The van der Waals surface area contributed by atoms with Gasteiger partial charge in [0.2, 0.25) is 0 Å². The molecular formula is C20H20O6. The van der Waals surface area contributed by atoms with Crippen LogP contribution in [0.2, 0.25) is 0 Å². The fraction of sp³-hybridized carbons (Fsp3) is 0.250. The van der Waals surface area contributed by atoms with Crippen molar-refractivity contribution in [3.63, 3.8) is 0 Å². The van der Waals surface area contributed by atoms with Gasteiger partial charge in [-0.05, 0) is 18.1 Å². The number of para-hydroxylation sites is 1. The molecule has 2 aromatic carbocycles. The number of hydrogen-bond acceptors (Lipinski definition) is 5. The van der Waals surface area contributed by atoms with Crippen LogP contribution in [-0.4, -0.2) is 36.0 Å². The van der Waals surface area contributed by atoms with Crippen molar-refractivity contribution >= 4 is 16.9 Å². The molecule has 0 saturated heterocycles. The summed E-state index contributed by atoms with van der Waals surface area (Å²) in [5.41, 5.74) is 2.28. The average Bonchev–Trinajstić information content (AvgIpc) is 3.07. The van der Waals surface area contributed by atoms with Crippen LogP contribution in [0.25, 0.3) is 11.0 Å². The summed E-state index contributed by atoms with van der Waals surface area (Å²) in [7, 11) is 0. The number of hydrogen-bond donors (Lipinski definition) is 2. The summed E-state index contributed by atoms with van der Waals surface area (Å²) in [4.78, 5) is 10.7. The van der Waals surface area contributed by atoms with Gasteiger partial charge in [-0.15, -0.1) is 0 Å². The number of carbonyl (C=O) groups is 1. The molecule has 0 aliphatic heterocycles. The van der Waals surface area contributed by atoms with E-state index in [1.807, 2.05) is 36.4 Å². The van der Waals surface area contributed by atoms with Crippen LogP contribution in [-0.2, 0) is 16.0 Å². The Bertz CT molecular complexity index is 855. The largest absolute Gasteiger partial charge is 0.479 e. The summed E-state index contributed by atoms with van der Waals surface area (Å²) in [5.74, 6) is -0.643. The van der Waals surface area contributed by atoms with E-state index in [4.69, 9.17) is 19.0 Å². The third kappa shape index (κ3) is 4.41. The fourth-order valence-corrected chi connectivity index (χ4v) is 2.68. The molecule has 2 N–H and O–H groups in total. The van der Waals surface area contributed by atoms with Crippen molar-refractivity contribution < 1.29 is 28.9 Å². The molecule has 1 heterocycles. The molecule has 0 bridgehead atoms. The molecule has 1 unspecified atom stereocenters. The molecule has 0 aliphatic rings. The van der Waals surface area contributed by atoms with Gasteiger partial charge in [0.05, 0.1) is 19.5 Å². The molecule has 0 amide bonds. The maximum absolute atomic E-state index is 10.7. The second-order valence-electron chi connectivity index (χ2n) is 5.83. The smallest absolute Gasteiger partial charge is 0.341 e. The lowest BCUT2D eigenvalue weighted by Gasteiger charge is -2.11. The van der Waals surface area contributed by atoms with Gasteiger partial charge in [-0.25, -0.2) is 4.79 Å². The third-order valence-corrected chi connectivity index (χ3v) is 3.97. The standard InChI is InChI=1S/C20H20O6/c21-17(14-5-2-1-3-6-14)12-24-10-9-15-11-26-20-16(15)7-4-8-18(20)25-13-19(22)23/h1-8,11,17,21H,9-10,12-13H2,(H,22,23). The zero-order chi connectivity index (χ0) is 18.4. The number of aliphatic carboxylic acids is 1. The summed E-state index contributed by atoms with van der Waals surface area (Å²) in [6, 6.07) is 14.7. The number of furan rings is 1. The van der Waals surface area contributed by atoms with Crippen molar-refractivity contribution in [2.45, 2.75) is 12.5 Å². The highest BCUT2D eigenvalue weighted by atomic mass is 16.5. The van der Waals surface area contributed by atoms with E-state index in [2.05, 4.69) is 0 Å². The molecule has 1 atom stereocenters. The van der Waals surface area contributed by atoms with Gasteiger partial charge in [0, 0.05) is 10.9 Å². The molecule has 3 rings (SSSR count). The number of aliphatic hydroxyl groups excluding tert-OH is 1. The van der Waals surface area contributed by atoms with Crippen molar-refractivity contribution in [1.29, 1.82) is 0 Å². The van der Waals surface area contributed by atoms with Crippen LogP contribution in [0.4, 0.5) is 0 Å². The van der Waals surface area contributed by atoms with E-state index in [9.17, 15) is 9.90 Å². The topological polar surface area (TPSA) is 89.1 Å². The predicted molar refractivity (Wildman–Crippen MR) is 95.3 cm³/mol. The molecule has 136 valence electrons. The molecule has 3 aromatic rings. The second-order valence-corrected chi connectivity index (χ2v) is 5.83. The summed E-state index contributed by atoms with van der Waals surface area (Å²) in [5, 5.41) is 19.7. The van der Waals surface area contributed by atoms with Gasteiger partial charge in [-0.1, -0.05) is 42.5 Å². The van der Waals surface area contributed by atoms with E-state index in [0.717, 1.165) is 16.5 Å². The monoisotopic (exact) mass is 356 g/mol. The summed E-state index contributed by atoms with van der Waals surface area (Å²) in [6.07, 6.45) is 1.57. The number of fused-ring (bicyclic) bond motifs is 1. The highest BCUT2D eigenvalue weighted by molar-refractivity contribution is 5.86. The minimum absolute atomic E-state index is 0.215. The van der Waals surface area contributed by atoms with Crippen molar-refractivity contribution in [1.82, 2.24) is 0 Å². The van der Waals surface area contributed by atoms with Crippen molar-refractivity contribution in [3.05, 3.63) is 65.9 Å². The lowest BCUT2D eigenvalue weighted by Crippen LogP contribution is -2.09. The maximum Gasteiger partial charge on any atom is 0.341 e. The summed E-state index contributed by atoms with van der Waals surface area (Å²) in [6.45, 7) is 0.223. The molecule has 0 aliphatic carbocycles. The second kappa shape index (κ2) is 8.51. The zero-order valence-electron chi connectivity index (χ0n) is 14.1. The van der Waals surface area contributed by atoms with Crippen LogP contribution in [0, 0.1) is 0 Å². The van der Waals surface area contributed by atoms with E-state index >= 15 is 0 Å². The van der Waals surface area contributed by atoms with Crippen molar-refractivity contribution in [2.75, 3.05) is 19.8 Å². The van der Waals surface area contributed by atoms with Crippen LogP contribution < -0.4 is 4.74 Å². The Kier molecular flexibility index (Phi) is 5.88. The van der Waals surface area contributed by atoms with Gasteiger partial charge in [-0.2, -0.15) is 0 Å². The quantitative estimate of drug-likeness (QED) is 0.573. The summed E-state index contributed by atoms with van der Waals surface area (Å²) < 4.78 is 16.4. The molecule has 0 spiro atoms. The Labute approximate surface area is 150 Å². The van der Waals surface area contributed by atoms with E-state index in [0.29, 0.717) is 24.4 Å². The highest BCUT2D eigenvalue weighted by Gasteiger charge is 2.12. The normalized spacial score (nSPS) is 12.2. The average molecular weight is 356 g/mol. The lowest BCUT2D eigenvalue weighted by molar-refractivity contribution is -0.139. The van der Waals surface area contributed by atoms with Crippen LogP contribution in [0.3, 0.4) is 0 Å². The van der Waals surface area contributed by atoms with Crippen molar-refractivity contribution in [3.8, 4) is 5.75 Å². The number of ether oxygens (including phenoxy) is 2. The van der Waals surface area contributed by atoms with Crippen LogP contribution in [0.1, 0.15) is 17.2 Å². The first-order chi connectivity index (χ1) is 12.6. The first-order valence-electron chi connectivity index (χ1n) is 8.29. The van der Waals surface area contributed by atoms with E-state index in [-0.39, 0.29) is 6.61 Å². The Balaban J connectivity index is 1.56. The van der Waals surface area contributed by atoms with E-state index in [1.165, 1.54) is 0 Å². The Morgan fingerprint density at radius 2 is 1.92 bits per heavy atom. The fourth-order valence-electron chi connectivity index (χ4n) is 2.68. The highest BCUT2D eigenvalue weighted by Crippen LogP contribution is 2.30. The minimum atomic E-state index is -1.04. The predicted octanol–water partition coefficient (Wildman–Crippen LogP) is 3.19. The maximum atomic E-state index is 10.7. The van der Waals surface area contributed by atoms with Gasteiger partial charge in [-0.3, -0.25) is 0 Å². The third-order valence-electron chi connectivity index (χ3n) is 3.97. The molecule has 6 nitrogen and oxygen atoms in total. The molecule has 6 heteroatoms. The number of carboxylic acids is 1. The molecule has 0 radical (unpaired) electrons. The number of benzene rings is 2. The Morgan fingerprint density at radius 1 is 1.12 bits per heavy atom. The molecular weight excluding hydrogens is 336 g/mol. The Hall–Kier alpha value is -2.83. The Morgan fingerprint density at radius 3 is 2.69 bits per heavy atom. The van der Waals surface area contributed by atoms with Gasteiger partial charge in [0.1, 0.15) is 6.10 Å². The first-order valence-corrected chi connectivity index (χ1v) is 8.29. The first kappa shape index (κ1) is 18.0. The lowest BCUT2D eigenvalue weighted by atomic mass is 10.1. The SMILES string of the molecule is O=C(O)COc1cccc2c(CCOCC(O)c3ccccc3)coc12. The van der Waals surface area contributed by atoms with Crippen LogP contribution in [0.15, 0.2) is 59.2 Å². The molecule has 0 saturated carbocycles. The van der Waals surface area contributed by atoms with Gasteiger partial charge in [0.25, 0.3) is 0 Å². The number of carboxylic acid groups (broad SMARTS) is 1. The number of rotatable bonds is 9. The summed E-state index contributed by atoms with van der Waals surface area (Å²) >= 11 is 0.